The SMILES string of the molecule is CCCCCC(=O)/C=C/[C@H]1CCC(=O)[C@H]1CCCCC(=O)OC. The number of esters is 1. The number of ether oxygens (including phenoxy) is 1. The van der Waals surface area contributed by atoms with Crippen LogP contribution in [0.5, 0.6) is 0 Å². The summed E-state index contributed by atoms with van der Waals surface area (Å²) >= 11 is 0. The standard InChI is InChI=1S/C19H30O4/c1-3-4-5-8-16(20)13-11-15-12-14-18(21)17(15)9-6-7-10-19(22)23-2/h11,13,15,17H,3-10,12,14H2,1-2H3/b13-11+/t15-,17-/m0/s1. The summed E-state index contributed by atoms with van der Waals surface area (Å²) in [5.74, 6) is 0.485. The van der Waals surface area contributed by atoms with Crippen LogP contribution in [0.15, 0.2) is 12.2 Å². The molecule has 1 fully saturated rings. The van der Waals surface area contributed by atoms with E-state index in [1.807, 2.05) is 6.08 Å². The molecule has 1 rings (SSSR count). The Balaban J connectivity index is 2.37. The Morgan fingerprint density at radius 2 is 1.91 bits per heavy atom. The molecule has 0 unspecified atom stereocenters. The van der Waals surface area contributed by atoms with Crippen LogP contribution in [0, 0.1) is 11.8 Å². The van der Waals surface area contributed by atoms with E-state index in [2.05, 4.69) is 11.7 Å². The molecule has 0 spiro atoms. The van der Waals surface area contributed by atoms with Crippen molar-refractivity contribution in [3.8, 4) is 0 Å². The van der Waals surface area contributed by atoms with Gasteiger partial charge in [0.1, 0.15) is 5.78 Å². The first kappa shape index (κ1) is 19.6. The van der Waals surface area contributed by atoms with E-state index < -0.39 is 0 Å². The van der Waals surface area contributed by atoms with Gasteiger partial charge in [-0.3, -0.25) is 14.4 Å². The average Bonchev–Trinajstić information content (AvgIpc) is 2.89. The number of allylic oxidation sites excluding steroid dienone is 2. The Labute approximate surface area is 139 Å². The van der Waals surface area contributed by atoms with E-state index in [0.717, 1.165) is 44.9 Å². The van der Waals surface area contributed by atoms with Gasteiger partial charge in [0.05, 0.1) is 7.11 Å². The van der Waals surface area contributed by atoms with Crippen molar-refractivity contribution in [1.82, 2.24) is 0 Å². The van der Waals surface area contributed by atoms with E-state index in [0.29, 0.717) is 25.0 Å². The number of ketones is 2. The van der Waals surface area contributed by atoms with Crippen LogP contribution in [0.4, 0.5) is 0 Å². The van der Waals surface area contributed by atoms with E-state index in [1.165, 1.54) is 7.11 Å². The zero-order valence-corrected chi connectivity index (χ0v) is 14.5. The highest BCUT2D eigenvalue weighted by Crippen LogP contribution is 2.33. The van der Waals surface area contributed by atoms with Crippen molar-refractivity contribution in [2.24, 2.45) is 11.8 Å². The largest absolute Gasteiger partial charge is 0.469 e. The van der Waals surface area contributed by atoms with Crippen LogP contribution in [0.1, 0.15) is 71.1 Å². The Kier molecular flexibility index (Phi) is 9.49. The lowest BCUT2D eigenvalue weighted by atomic mass is 9.89. The number of methoxy groups -OCH3 is 1. The van der Waals surface area contributed by atoms with Gasteiger partial charge in [0, 0.05) is 25.2 Å². The van der Waals surface area contributed by atoms with Crippen molar-refractivity contribution in [2.45, 2.75) is 71.1 Å². The summed E-state index contributed by atoms with van der Waals surface area (Å²) < 4.78 is 4.62. The average molecular weight is 322 g/mol. The molecule has 1 saturated carbocycles. The quantitative estimate of drug-likeness (QED) is 0.327. The van der Waals surface area contributed by atoms with Gasteiger partial charge in [-0.05, 0) is 37.7 Å². The van der Waals surface area contributed by atoms with Crippen LogP contribution >= 0.6 is 0 Å². The van der Waals surface area contributed by atoms with Gasteiger partial charge < -0.3 is 4.74 Å². The highest BCUT2D eigenvalue weighted by Gasteiger charge is 2.32. The Bertz CT molecular complexity index is 425. The number of hydrogen-bond donors (Lipinski definition) is 0. The summed E-state index contributed by atoms with van der Waals surface area (Å²) in [6.45, 7) is 2.12. The van der Waals surface area contributed by atoms with Crippen molar-refractivity contribution in [2.75, 3.05) is 7.11 Å². The molecule has 0 saturated heterocycles. The highest BCUT2D eigenvalue weighted by atomic mass is 16.5. The number of carbonyl (C=O) groups is 3. The lowest BCUT2D eigenvalue weighted by Crippen LogP contribution is -2.14. The lowest BCUT2D eigenvalue weighted by Gasteiger charge is -2.14. The molecule has 23 heavy (non-hydrogen) atoms. The summed E-state index contributed by atoms with van der Waals surface area (Å²) in [5.41, 5.74) is 0. The third-order valence-corrected chi connectivity index (χ3v) is 4.58. The number of unbranched alkanes of at least 4 members (excludes halogenated alkanes) is 3. The Morgan fingerprint density at radius 3 is 2.61 bits per heavy atom. The second kappa shape index (κ2) is 11.1. The summed E-state index contributed by atoms with van der Waals surface area (Å²) in [6, 6.07) is 0. The van der Waals surface area contributed by atoms with Gasteiger partial charge in [-0.1, -0.05) is 32.3 Å². The highest BCUT2D eigenvalue weighted by molar-refractivity contribution is 5.90. The molecule has 0 heterocycles. The van der Waals surface area contributed by atoms with Gasteiger partial charge in [-0.2, -0.15) is 0 Å². The van der Waals surface area contributed by atoms with Crippen LogP contribution in [0.2, 0.25) is 0 Å². The molecular weight excluding hydrogens is 292 g/mol. The summed E-state index contributed by atoms with van der Waals surface area (Å²) in [5, 5.41) is 0. The molecule has 2 atom stereocenters. The molecule has 1 aliphatic carbocycles. The maximum atomic E-state index is 12.0. The summed E-state index contributed by atoms with van der Waals surface area (Å²) in [6.07, 6.45) is 11.7. The van der Waals surface area contributed by atoms with Crippen LogP contribution in [0.25, 0.3) is 0 Å². The molecule has 1 aliphatic rings. The molecule has 0 radical (unpaired) electrons. The van der Waals surface area contributed by atoms with Crippen LogP contribution in [-0.4, -0.2) is 24.6 Å². The molecule has 0 amide bonds. The molecule has 0 aliphatic heterocycles. The van der Waals surface area contributed by atoms with Crippen molar-refractivity contribution < 1.29 is 19.1 Å². The molecule has 0 bridgehead atoms. The van der Waals surface area contributed by atoms with Crippen LogP contribution in [0.3, 0.4) is 0 Å². The van der Waals surface area contributed by atoms with Gasteiger partial charge in [0.2, 0.25) is 0 Å². The van der Waals surface area contributed by atoms with Crippen LogP contribution < -0.4 is 0 Å². The number of Topliss-reactive ketones (excluding diaryl/α,β-unsaturated/α-hetero) is 1. The van der Waals surface area contributed by atoms with Gasteiger partial charge in [0.25, 0.3) is 0 Å². The fraction of sp³-hybridized carbons (Fsp3) is 0.737. The fourth-order valence-electron chi connectivity index (χ4n) is 3.14. The first-order chi connectivity index (χ1) is 11.1. The van der Waals surface area contributed by atoms with Gasteiger partial charge in [0.15, 0.2) is 5.78 Å². The zero-order valence-electron chi connectivity index (χ0n) is 14.5. The first-order valence-electron chi connectivity index (χ1n) is 8.89. The van der Waals surface area contributed by atoms with Crippen molar-refractivity contribution >= 4 is 17.5 Å². The van der Waals surface area contributed by atoms with Gasteiger partial charge >= 0.3 is 5.97 Å². The van der Waals surface area contributed by atoms with Crippen LogP contribution in [-0.2, 0) is 19.1 Å². The van der Waals surface area contributed by atoms with E-state index in [9.17, 15) is 14.4 Å². The predicted molar refractivity (Wildman–Crippen MR) is 90.0 cm³/mol. The second-order valence-corrected chi connectivity index (χ2v) is 6.38. The molecule has 130 valence electrons. The molecule has 0 aromatic heterocycles. The maximum absolute atomic E-state index is 12.0. The smallest absolute Gasteiger partial charge is 0.305 e. The van der Waals surface area contributed by atoms with Crippen molar-refractivity contribution in [3.05, 3.63) is 12.2 Å². The Hall–Kier alpha value is -1.45. The fourth-order valence-corrected chi connectivity index (χ4v) is 3.14. The number of carbonyl (C=O) groups excluding carboxylic acids is 3. The summed E-state index contributed by atoms with van der Waals surface area (Å²) in [4.78, 5) is 34.9. The molecule has 0 N–H and O–H groups in total. The predicted octanol–water partition coefficient (Wildman–Crippen LogP) is 4.02. The topological polar surface area (TPSA) is 60.4 Å². The second-order valence-electron chi connectivity index (χ2n) is 6.38. The third-order valence-electron chi connectivity index (χ3n) is 4.58. The molecule has 4 nitrogen and oxygen atoms in total. The van der Waals surface area contributed by atoms with E-state index >= 15 is 0 Å². The number of rotatable bonds is 11. The lowest BCUT2D eigenvalue weighted by molar-refractivity contribution is -0.140. The molecular formula is C19H30O4. The molecule has 0 aromatic carbocycles. The van der Waals surface area contributed by atoms with Gasteiger partial charge in [-0.25, -0.2) is 0 Å². The molecule has 0 aromatic rings. The van der Waals surface area contributed by atoms with E-state index in [-0.39, 0.29) is 23.6 Å². The zero-order chi connectivity index (χ0) is 17.1. The molecule has 4 heteroatoms. The summed E-state index contributed by atoms with van der Waals surface area (Å²) in [7, 11) is 1.39. The minimum atomic E-state index is -0.197. The maximum Gasteiger partial charge on any atom is 0.305 e. The monoisotopic (exact) mass is 322 g/mol. The first-order valence-corrected chi connectivity index (χ1v) is 8.89. The van der Waals surface area contributed by atoms with E-state index in [1.54, 1.807) is 6.08 Å². The minimum absolute atomic E-state index is 0.0207. The van der Waals surface area contributed by atoms with Gasteiger partial charge in [-0.15, -0.1) is 0 Å². The van der Waals surface area contributed by atoms with E-state index in [4.69, 9.17) is 0 Å². The third kappa shape index (κ3) is 7.58. The minimum Gasteiger partial charge on any atom is -0.469 e. The van der Waals surface area contributed by atoms with Crippen molar-refractivity contribution in [1.29, 1.82) is 0 Å². The number of hydrogen-bond acceptors (Lipinski definition) is 4. The normalized spacial score (nSPS) is 21.0. The Morgan fingerprint density at radius 1 is 1.17 bits per heavy atom. The van der Waals surface area contributed by atoms with Crippen molar-refractivity contribution in [3.63, 3.8) is 0 Å².